The molecule has 77 valence electrons. The molecule has 0 unspecified atom stereocenters. The number of halogens is 1. The van der Waals surface area contributed by atoms with E-state index in [0.29, 0.717) is 12.5 Å². The summed E-state index contributed by atoms with van der Waals surface area (Å²) >= 11 is 5.58. The molecular weight excluding hydrogens is 208 g/mol. The van der Waals surface area contributed by atoms with E-state index in [0.717, 1.165) is 17.6 Å². The third-order valence-electron chi connectivity index (χ3n) is 2.18. The molecule has 0 saturated carbocycles. The Bertz CT molecular complexity index is 439. The second-order valence-corrected chi connectivity index (χ2v) is 3.69. The molecule has 0 amide bonds. The zero-order valence-electron chi connectivity index (χ0n) is 8.37. The van der Waals surface area contributed by atoms with Gasteiger partial charge in [-0.3, -0.25) is 0 Å². The average molecular weight is 220 g/mol. The lowest BCUT2D eigenvalue weighted by molar-refractivity contribution is 0.319. The van der Waals surface area contributed by atoms with Crippen molar-refractivity contribution in [2.24, 2.45) is 0 Å². The highest BCUT2D eigenvalue weighted by atomic mass is 35.5. The van der Waals surface area contributed by atoms with E-state index in [1.807, 2.05) is 30.3 Å². The molecule has 0 aliphatic carbocycles. The SMILES string of the molecule is ClCCCOc1ccc2ccc[c]c2c1. The van der Waals surface area contributed by atoms with Gasteiger partial charge in [-0.05, 0) is 35.4 Å². The highest BCUT2D eigenvalue weighted by Gasteiger charge is 1.96. The summed E-state index contributed by atoms with van der Waals surface area (Å²) in [5.74, 6) is 1.52. The number of hydrogen-bond donors (Lipinski definition) is 0. The predicted molar refractivity (Wildman–Crippen MR) is 63.6 cm³/mol. The fourth-order valence-electron chi connectivity index (χ4n) is 1.43. The van der Waals surface area contributed by atoms with Gasteiger partial charge in [-0.15, -0.1) is 11.6 Å². The number of ether oxygens (including phenoxy) is 1. The standard InChI is InChI=1S/C13H12ClO/c14-8-3-9-15-13-7-6-11-4-1-2-5-12(11)10-13/h1-2,4,6-7,10H,3,8-9H2. The second-order valence-electron chi connectivity index (χ2n) is 3.31. The molecule has 0 bridgehead atoms. The Labute approximate surface area is 94.6 Å². The van der Waals surface area contributed by atoms with Crippen LogP contribution in [0.1, 0.15) is 6.42 Å². The van der Waals surface area contributed by atoms with Crippen LogP contribution in [0.4, 0.5) is 0 Å². The molecule has 1 nitrogen and oxygen atoms in total. The van der Waals surface area contributed by atoms with Gasteiger partial charge in [-0.1, -0.05) is 24.3 Å². The lowest BCUT2D eigenvalue weighted by atomic mass is 10.1. The van der Waals surface area contributed by atoms with Crippen molar-refractivity contribution in [1.82, 2.24) is 0 Å². The Morgan fingerprint density at radius 1 is 1.27 bits per heavy atom. The third kappa shape index (κ3) is 2.63. The first kappa shape index (κ1) is 10.3. The van der Waals surface area contributed by atoms with E-state index in [2.05, 4.69) is 12.1 Å². The fourth-order valence-corrected chi connectivity index (χ4v) is 1.54. The van der Waals surface area contributed by atoms with Crippen LogP contribution in [0.5, 0.6) is 5.75 Å². The lowest BCUT2D eigenvalue weighted by Crippen LogP contribution is -1.97. The number of hydrogen-bond acceptors (Lipinski definition) is 1. The van der Waals surface area contributed by atoms with Gasteiger partial charge in [0.2, 0.25) is 0 Å². The van der Waals surface area contributed by atoms with Gasteiger partial charge < -0.3 is 4.74 Å². The van der Waals surface area contributed by atoms with Crippen LogP contribution in [-0.2, 0) is 0 Å². The van der Waals surface area contributed by atoms with Gasteiger partial charge >= 0.3 is 0 Å². The maximum atomic E-state index is 5.58. The highest BCUT2D eigenvalue weighted by molar-refractivity contribution is 6.17. The Morgan fingerprint density at radius 2 is 2.20 bits per heavy atom. The van der Waals surface area contributed by atoms with Crippen molar-refractivity contribution in [3.05, 3.63) is 42.5 Å². The minimum Gasteiger partial charge on any atom is -0.494 e. The van der Waals surface area contributed by atoms with Gasteiger partial charge in [0.25, 0.3) is 0 Å². The first-order valence-electron chi connectivity index (χ1n) is 4.99. The van der Waals surface area contributed by atoms with Crippen molar-refractivity contribution < 1.29 is 4.74 Å². The zero-order chi connectivity index (χ0) is 10.5. The van der Waals surface area contributed by atoms with Crippen molar-refractivity contribution in [3.8, 4) is 5.75 Å². The Balaban J connectivity index is 2.16. The molecule has 0 aliphatic rings. The first-order chi connectivity index (χ1) is 7.40. The Morgan fingerprint density at radius 3 is 3.07 bits per heavy atom. The largest absolute Gasteiger partial charge is 0.494 e. The summed E-state index contributed by atoms with van der Waals surface area (Å²) in [5, 5.41) is 2.27. The Kier molecular flexibility index (Phi) is 3.46. The van der Waals surface area contributed by atoms with Crippen LogP contribution in [0.15, 0.2) is 36.4 Å². The molecule has 0 N–H and O–H groups in total. The van der Waals surface area contributed by atoms with Crippen molar-refractivity contribution in [2.75, 3.05) is 12.5 Å². The molecule has 15 heavy (non-hydrogen) atoms. The van der Waals surface area contributed by atoms with Gasteiger partial charge in [0.1, 0.15) is 5.75 Å². The van der Waals surface area contributed by atoms with E-state index in [1.54, 1.807) is 0 Å². The summed E-state index contributed by atoms with van der Waals surface area (Å²) in [7, 11) is 0. The molecule has 0 atom stereocenters. The van der Waals surface area contributed by atoms with E-state index in [1.165, 1.54) is 5.39 Å². The van der Waals surface area contributed by atoms with Gasteiger partial charge in [0, 0.05) is 5.88 Å². The van der Waals surface area contributed by atoms with Crippen molar-refractivity contribution >= 4 is 22.4 Å². The van der Waals surface area contributed by atoms with E-state index in [9.17, 15) is 0 Å². The maximum Gasteiger partial charge on any atom is 0.119 e. The molecule has 2 rings (SSSR count). The van der Waals surface area contributed by atoms with Gasteiger partial charge in [-0.25, -0.2) is 0 Å². The normalized spacial score (nSPS) is 10.5. The van der Waals surface area contributed by atoms with Crippen LogP contribution in [0.25, 0.3) is 10.8 Å². The van der Waals surface area contributed by atoms with Crippen LogP contribution in [0.2, 0.25) is 0 Å². The molecule has 0 aromatic heterocycles. The molecule has 2 heteroatoms. The maximum absolute atomic E-state index is 5.58. The Hall–Kier alpha value is -1.21. The monoisotopic (exact) mass is 219 g/mol. The molecule has 0 heterocycles. The molecule has 0 fully saturated rings. The minimum atomic E-state index is 0.639. The summed E-state index contributed by atoms with van der Waals surface area (Å²) < 4.78 is 5.55. The van der Waals surface area contributed by atoms with Crippen LogP contribution in [-0.4, -0.2) is 12.5 Å². The number of rotatable bonds is 4. The van der Waals surface area contributed by atoms with E-state index >= 15 is 0 Å². The molecule has 2 aromatic rings. The summed E-state index contributed by atoms with van der Waals surface area (Å²) in [6, 6.07) is 15.2. The summed E-state index contributed by atoms with van der Waals surface area (Å²) in [6.45, 7) is 0.668. The summed E-state index contributed by atoms with van der Waals surface area (Å²) in [4.78, 5) is 0. The molecule has 0 saturated heterocycles. The van der Waals surface area contributed by atoms with Crippen molar-refractivity contribution in [2.45, 2.75) is 6.42 Å². The van der Waals surface area contributed by atoms with Crippen molar-refractivity contribution in [3.63, 3.8) is 0 Å². The number of benzene rings is 2. The highest BCUT2D eigenvalue weighted by Crippen LogP contribution is 2.20. The summed E-state index contributed by atoms with van der Waals surface area (Å²) in [6.07, 6.45) is 0.873. The molecule has 0 aliphatic heterocycles. The molecule has 0 spiro atoms. The first-order valence-corrected chi connectivity index (χ1v) is 5.53. The molecular formula is C13H12ClO. The van der Waals surface area contributed by atoms with Crippen LogP contribution in [0.3, 0.4) is 0 Å². The topological polar surface area (TPSA) is 9.23 Å². The lowest BCUT2D eigenvalue weighted by Gasteiger charge is -2.05. The average Bonchev–Trinajstić information content (AvgIpc) is 2.29. The number of fused-ring (bicyclic) bond motifs is 1. The van der Waals surface area contributed by atoms with Crippen molar-refractivity contribution in [1.29, 1.82) is 0 Å². The summed E-state index contributed by atoms with van der Waals surface area (Å²) in [5.41, 5.74) is 0. The predicted octanol–water partition coefficient (Wildman–Crippen LogP) is 3.65. The van der Waals surface area contributed by atoms with Gasteiger partial charge in [0.15, 0.2) is 0 Å². The van der Waals surface area contributed by atoms with E-state index in [4.69, 9.17) is 16.3 Å². The number of alkyl halides is 1. The van der Waals surface area contributed by atoms with Crippen LogP contribution < -0.4 is 4.74 Å². The third-order valence-corrected chi connectivity index (χ3v) is 2.45. The van der Waals surface area contributed by atoms with E-state index in [-0.39, 0.29) is 0 Å². The smallest absolute Gasteiger partial charge is 0.119 e. The second kappa shape index (κ2) is 5.04. The molecule has 1 radical (unpaired) electrons. The quantitative estimate of drug-likeness (QED) is 0.564. The van der Waals surface area contributed by atoms with Gasteiger partial charge in [0.05, 0.1) is 6.61 Å². The fraction of sp³-hybridized carbons (Fsp3) is 0.231. The van der Waals surface area contributed by atoms with Crippen LogP contribution in [0, 0.1) is 6.07 Å². The minimum absolute atomic E-state index is 0.639. The molecule has 2 aromatic carbocycles. The van der Waals surface area contributed by atoms with Crippen LogP contribution >= 0.6 is 11.6 Å². The zero-order valence-corrected chi connectivity index (χ0v) is 9.13. The van der Waals surface area contributed by atoms with E-state index < -0.39 is 0 Å². The van der Waals surface area contributed by atoms with Gasteiger partial charge in [-0.2, -0.15) is 0 Å².